The Balaban J connectivity index is 1.91. The number of carbonyl (C=O) groups is 1. The lowest BCUT2D eigenvalue weighted by molar-refractivity contribution is 0.0995. The van der Waals surface area contributed by atoms with Crippen molar-refractivity contribution in [1.82, 2.24) is 15.6 Å². The van der Waals surface area contributed by atoms with E-state index in [9.17, 15) is 4.79 Å². The van der Waals surface area contributed by atoms with Crippen LogP contribution >= 0.6 is 0 Å². The van der Waals surface area contributed by atoms with Gasteiger partial charge >= 0.3 is 6.03 Å². The van der Waals surface area contributed by atoms with E-state index in [1.54, 1.807) is 19.4 Å². The van der Waals surface area contributed by atoms with E-state index in [1.165, 1.54) is 0 Å². The molecule has 1 aliphatic rings. The first-order valence-electron chi connectivity index (χ1n) is 8.46. The number of ether oxygens (including phenoxy) is 2. The Bertz CT molecular complexity index is 531. The van der Waals surface area contributed by atoms with Crippen molar-refractivity contribution in [3.63, 3.8) is 0 Å². The number of pyridine rings is 1. The Morgan fingerprint density at radius 1 is 1.46 bits per heavy atom. The molecule has 0 aromatic carbocycles. The number of aromatic nitrogens is 1. The molecule has 0 saturated carbocycles. The predicted octanol–water partition coefficient (Wildman–Crippen LogP) is 1.74. The van der Waals surface area contributed by atoms with Gasteiger partial charge in [-0.2, -0.15) is 0 Å². The lowest BCUT2D eigenvalue weighted by Crippen LogP contribution is -2.52. The highest BCUT2D eigenvalue weighted by atomic mass is 16.5. The van der Waals surface area contributed by atoms with Crippen LogP contribution in [0.15, 0.2) is 18.3 Å². The third-order valence-electron chi connectivity index (χ3n) is 4.71. The van der Waals surface area contributed by atoms with Crippen molar-refractivity contribution in [2.45, 2.75) is 50.8 Å². The zero-order chi connectivity index (χ0) is 17.6. The molecule has 134 valence electrons. The minimum absolute atomic E-state index is 0.0874. The first-order chi connectivity index (χ1) is 11.5. The van der Waals surface area contributed by atoms with Crippen molar-refractivity contribution < 1.29 is 14.3 Å². The SMILES string of the molecule is CCC(N)(CC)CNC(=O)N[C@H]1CCO[C@@H]1c1ccc(OC)nc1. The zero-order valence-corrected chi connectivity index (χ0v) is 14.7. The van der Waals surface area contributed by atoms with Crippen molar-refractivity contribution in [2.75, 3.05) is 20.3 Å². The number of hydrogen-bond donors (Lipinski definition) is 3. The van der Waals surface area contributed by atoms with Gasteiger partial charge in [-0.1, -0.05) is 13.8 Å². The van der Waals surface area contributed by atoms with E-state index in [1.807, 2.05) is 19.9 Å². The molecule has 0 bridgehead atoms. The molecular formula is C17H28N4O3. The van der Waals surface area contributed by atoms with Crippen molar-refractivity contribution >= 4 is 6.03 Å². The van der Waals surface area contributed by atoms with Gasteiger partial charge in [-0.25, -0.2) is 9.78 Å². The summed E-state index contributed by atoms with van der Waals surface area (Å²) in [6.07, 6.45) is 3.92. The van der Waals surface area contributed by atoms with Crippen LogP contribution in [0, 0.1) is 0 Å². The van der Waals surface area contributed by atoms with E-state index >= 15 is 0 Å². The molecule has 24 heavy (non-hydrogen) atoms. The van der Waals surface area contributed by atoms with Crippen LogP contribution in [-0.2, 0) is 4.74 Å². The van der Waals surface area contributed by atoms with Gasteiger partial charge in [0.25, 0.3) is 0 Å². The van der Waals surface area contributed by atoms with Gasteiger partial charge in [-0.3, -0.25) is 0 Å². The third kappa shape index (κ3) is 4.58. The fourth-order valence-corrected chi connectivity index (χ4v) is 2.72. The summed E-state index contributed by atoms with van der Waals surface area (Å²) in [4.78, 5) is 16.4. The highest BCUT2D eigenvalue weighted by molar-refractivity contribution is 5.74. The number of urea groups is 1. The molecule has 2 amide bonds. The Kier molecular flexibility index (Phi) is 6.39. The van der Waals surface area contributed by atoms with Gasteiger partial charge in [-0.15, -0.1) is 0 Å². The maximum Gasteiger partial charge on any atom is 0.315 e. The van der Waals surface area contributed by atoms with Gasteiger partial charge in [0.05, 0.1) is 13.2 Å². The number of hydrogen-bond acceptors (Lipinski definition) is 5. The molecule has 1 aromatic heterocycles. The van der Waals surface area contributed by atoms with Crippen molar-refractivity contribution in [3.05, 3.63) is 23.9 Å². The van der Waals surface area contributed by atoms with E-state index in [2.05, 4.69) is 15.6 Å². The van der Waals surface area contributed by atoms with Crippen LogP contribution in [0.2, 0.25) is 0 Å². The zero-order valence-electron chi connectivity index (χ0n) is 14.7. The molecule has 1 aliphatic heterocycles. The fraction of sp³-hybridized carbons (Fsp3) is 0.647. The van der Waals surface area contributed by atoms with E-state index in [0.717, 1.165) is 24.8 Å². The van der Waals surface area contributed by atoms with E-state index in [-0.39, 0.29) is 23.7 Å². The minimum atomic E-state index is -0.358. The lowest BCUT2D eigenvalue weighted by Gasteiger charge is -2.27. The highest BCUT2D eigenvalue weighted by Crippen LogP contribution is 2.29. The molecule has 1 fully saturated rings. The standard InChI is InChI=1S/C17H28N4O3/c1-4-17(18,5-2)11-20-16(22)21-13-8-9-24-15(13)12-6-7-14(23-3)19-10-12/h6-7,10,13,15H,4-5,8-9,11,18H2,1-3H3,(H2,20,21,22)/t13-,15+/m0/s1. The Hall–Kier alpha value is -1.86. The molecule has 7 heteroatoms. The monoisotopic (exact) mass is 336 g/mol. The molecule has 2 heterocycles. The number of rotatable bonds is 7. The third-order valence-corrected chi connectivity index (χ3v) is 4.71. The second-order valence-electron chi connectivity index (χ2n) is 6.22. The van der Waals surface area contributed by atoms with E-state index in [4.69, 9.17) is 15.2 Å². The normalized spacial score (nSPS) is 20.7. The Labute approximate surface area is 143 Å². The predicted molar refractivity (Wildman–Crippen MR) is 91.9 cm³/mol. The average Bonchev–Trinajstić information content (AvgIpc) is 3.07. The molecule has 4 N–H and O–H groups in total. The molecule has 2 rings (SSSR count). The highest BCUT2D eigenvalue weighted by Gasteiger charge is 2.31. The number of methoxy groups -OCH3 is 1. The largest absolute Gasteiger partial charge is 0.481 e. The van der Waals surface area contributed by atoms with Gasteiger partial charge in [0.1, 0.15) is 6.10 Å². The number of nitrogens with one attached hydrogen (secondary N) is 2. The summed E-state index contributed by atoms with van der Waals surface area (Å²) < 4.78 is 10.8. The van der Waals surface area contributed by atoms with Gasteiger partial charge in [0, 0.05) is 36.5 Å². The second kappa shape index (κ2) is 8.30. The lowest BCUT2D eigenvalue weighted by atomic mass is 9.94. The fourth-order valence-electron chi connectivity index (χ4n) is 2.72. The van der Waals surface area contributed by atoms with Crippen LogP contribution < -0.4 is 21.1 Å². The van der Waals surface area contributed by atoms with Gasteiger partial charge in [-0.05, 0) is 25.3 Å². The smallest absolute Gasteiger partial charge is 0.315 e. The van der Waals surface area contributed by atoms with Crippen molar-refractivity contribution in [3.8, 4) is 5.88 Å². The summed E-state index contributed by atoms with van der Waals surface area (Å²) in [5.74, 6) is 0.553. The first-order valence-corrected chi connectivity index (χ1v) is 8.46. The summed E-state index contributed by atoms with van der Waals surface area (Å²) in [7, 11) is 1.58. The van der Waals surface area contributed by atoms with Crippen LogP contribution in [0.25, 0.3) is 0 Å². The molecule has 0 radical (unpaired) electrons. The van der Waals surface area contributed by atoms with Crippen molar-refractivity contribution in [2.24, 2.45) is 5.73 Å². The summed E-state index contributed by atoms with van der Waals surface area (Å²) >= 11 is 0. The molecule has 2 atom stereocenters. The second-order valence-corrected chi connectivity index (χ2v) is 6.22. The minimum Gasteiger partial charge on any atom is -0.481 e. The molecule has 1 saturated heterocycles. The number of carbonyl (C=O) groups excluding carboxylic acids is 1. The van der Waals surface area contributed by atoms with E-state index in [0.29, 0.717) is 19.0 Å². The Morgan fingerprint density at radius 2 is 2.21 bits per heavy atom. The van der Waals surface area contributed by atoms with Crippen molar-refractivity contribution in [1.29, 1.82) is 0 Å². The summed E-state index contributed by atoms with van der Waals surface area (Å²) in [5, 5.41) is 5.86. The first kappa shape index (κ1) is 18.5. The molecular weight excluding hydrogens is 308 g/mol. The van der Waals surface area contributed by atoms with Gasteiger partial charge < -0.3 is 25.8 Å². The Morgan fingerprint density at radius 3 is 2.79 bits per heavy atom. The summed E-state index contributed by atoms with van der Waals surface area (Å²) in [6.45, 7) is 5.11. The quantitative estimate of drug-likeness (QED) is 0.704. The maximum absolute atomic E-state index is 12.2. The molecule has 0 aliphatic carbocycles. The summed E-state index contributed by atoms with van der Waals surface area (Å²) in [6, 6.07) is 3.40. The number of nitrogens with zero attached hydrogens (tertiary/aromatic N) is 1. The maximum atomic E-state index is 12.2. The van der Waals surface area contributed by atoms with Crippen LogP contribution in [0.1, 0.15) is 44.8 Å². The topological polar surface area (TPSA) is 98.5 Å². The number of amides is 2. The number of nitrogens with two attached hydrogens (primary N) is 1. The van der Waals surface area contributed by atoms with Gasteiger partial charge in [0.15, 0.2) is 0 Å². The van der Waals surface area contributed by atoms with Crippen LogP contribution in [0.3, 0.4) is 0 Å². The average molecular weight is 336 g/mol. The van der Waals surface area contributed by atoms with E-state index < -0.39 is 0 Å². The molecule has 7 nitrogen and oxygen atoms in total. The van der Waals surface area contributed by atoms with Crippen LogP contribution in [0.4, 0.5) is 4.79 Å². The summed E-state index contributed by atoms with van der Waals surface area (Å²) in [5.41, 5.74) is 6.78. The molecule has 1 aromatic rings. The van der Waals surface area contributed by atoms with Crippen LogP contribution in [0.5, 0.6) is 5.88 Å². The van der Waals surface area contributed by atoms with Crippen LogP contribution in [-0.4, -0.2) is 42.9 Å². The molecule has 0 unspecified atom stereocenters. The van der Waals surface area contributed by atoms with Gasteiger partial charge in [0.2, 0.25) is 5.88 Å². The molecule has 0 spiro atoms.